The summed E-state index contributed by atoms with van der Waals surface area (Å²) in [5.74, 6) is 0. The van der Waals surface area contributed by atoms with Crippen molar-refractivity contribution in [3.63, 3.8) is 0 Å². The SMILES string of the molecule is O=S(=O)(O)O.[Co].[Mn].[Ni].[Y]. The van der Waals surface area contributed by atoms with Gasteiger partial charge in [0.15, 0.2) is 0 Å². The molecular formula is H2CoMnNiO4SY. The molecule has 0 heterocycles. The predicted octanol–water partition coefficient (Wildman–Crippen LogP) is -0.663. The van der Waals surface area contributed by atoms with Gasteiger partial charge in [-0.2, -0.15) is 8.42 Å². The molecule has 0 aliphatic carbocycles. The van der Waals surface area contributed by atoms with E-state index in [1.165, 1.54) is 0 Å². The van der Waals surface area contributed by atoms with Gasteiger partial charge in [-0.25, -0.2) is 0 Å². The minimum atomic E-state index is -4.67. The van der Waals surface area contributed by atoms with Gasteiger partial charge in [-0.15, -0.1) is 0 Å². The van der Waals surface area contributed by atoms with Gasteiger partial charge in [0.05, 0.1) is 0 Å². The largest absolute Gasteiger partial charge is 0.394 e. The molecule has 9 heteroatoms. The Morgan fingerprint density at radius 2 is 1.11 bits per heavy atom. The van der Waals surface area contributed by atoms with Crippen molar-refractivity contribution in [3.05, 3.63) is 0 Å². The molecule has 3 radical (unpaired) electrons. The van der Waals surface area contributed by atoms with E-state index in [-0.39, 0.29) is 83.0 Å². The molecule has 0 aromatic carbocycles. The summed E-state index contributed by atoms with van der Waals surface area (Å²) in [7, 11) is -4.67. The molecule has 0 aliphatic heterocycles. The molecule has 0 spiro atoms. The molecule has 0 unspecified atom stereocenters. The smallest absolute Gasteiger partial charge is 0.264 e. The zero-order valence-electron chi connectivity index (χ0n) is 3.72. The predicted molar refractivity (Wildman–Crippen MR) is 14.2 cm³/mol. The van der Waals surface area contributed by atoms with E-state index in [0.29, 0.717) is 0 Å². The first-order valence-corrected chi connectivity index (χ1v) is 2.10. The Labute approximate surface area is 109 Å². The van der Waals surface area contributed by atoms with Crippen LogP contribution in [-0.4, -0.2) is 17.5 Å². The third-order valence-electron chi connectivity index (χ3n) is 0. The first kappa shape index (κ1) is 30.0. The van der Waals surface area contributed by atoms with E-state index in [0.717, 1.165) is 0 Å². The average Bonchev–Trinajstić information content (AvgIpc) is 0.722. The first-order chi connectivity index (χ1) is 2.00. The van der Waals surface area contributed by atoms with Crippen molar-refractivity contribution in [2.24, 2.45) is 0 Å². The van der Waals surface area contributed by atoms with Gasteiger partial charge in [-0.05, 0) is 0 Å². The Morgan fingerprint density at radius 3 is 1.11 bits per heavy atom. The molecule has 0 bridgehead atoms. The molecule has 4 nitrogen and oxygen atoms in total. The van der Waals surface area contributed by atoms with Crippen LogP contribution in [0.1, 0.15) is 0 Å². The Hall–Kier alpha value is 2.49. The van der Waals surface area contributed by atoms with E-state index in [1.54, 1.807) is 0 Å². The van der Waals surface area contributed by atoms with E-state index in [9.17, 15) is 0 Å². The van der Waals surface area contributed by atoms with E-state index in [4.69, 9.17) is 17.5 Å². The van der Waals surface area contributed by atoms with E-state index >= 15 is 0 Å². The summed E-state index contributed by atoms with van der Waals surface area (Å²) in [5.41, 5.74) is 0. The molecule has 0 atom stereocenters. The molecule has 0 aromatic rings. The first-order valence-electron chi connectivity index (χ1n) is 0.698. The Kier molecular flexibility index (Phi) is 43.7. The summed E-state index contributed by atoms with van der Waals surface area (Å²) in [5, 5.41) is 0. The van der Waals surface area contributed by atoms with Crippen LogP contribution in [0.4, 0.5) is 0 Å². The normalized spacial score (nSPS) is 6.44. The summed E-state index contributed by atoms with van der Waals surface area (Å²) in [6.07, 6.45) is 0. The molecule has 0 saturated carbocycles. The third kappa shape index (κ3) is 122. The number of hydrogen-bond donors (Lipinski definition) is 2. The summed E-state index contributed by atoms with van der Waals surface area (Å²) in [6, 6.07) is 0. The van der Waals surface area contributed by atoms with Crippen LogP contribution < -0.4 is 0 Å². The van der Waals surface area contributed by atoms with Gasteiger partial charge in [-0.1, -0.05) is 0 Å². The van der Waals surface area contributed by atoms with E-state index in [1.807, 2.05) is 0 Å². The van der Waals surface area contributed by atoms with Gasteiger partial charge in [0.25, 0.3) is 0 Å². The van der Waals surface area contributed by atoms with Crippen LogP contribution in [0.25, 0.3) is 0 Å². The van der Waals surface area contributed by atoms with E-state index in [2.05, 4.69) is 0 Å². The molecule has 0 aliphatic rings. The monoisotopic (exact) mass is 359 g/mol. The maximum atomic E-state index is 8.74. The van der Waals surface area contributed by atoms with Crippen LogP contribution in [0.2, 0.25) is 0 Å². The molecular weight excluding hydrogens is 358 g/mol. The Balaban J connectivity index is -0.0000000133. The fraction of sp³-hybridized carbons (Fsp3) is 0. The minimum Gasteiger partial charge on any atom is -0.264 e. The van der Waals surface area contributed by atoms with Crippen molar-refractivity contribution in [3.8, 4) is 0 Å². The molecule has 61 valence electrons. The molecule has 0 fully saturated rings. The summed E-state index contributed by atoms with van der Waals surface area (Å²) >= 11 is 0. The van der Waals surface area contributed by atoms with Crippen LogP contribution in [-0.2, 0) is 93.4 Å². The topological polar surface area (TPSA) is 74.6 Å². The van der Waals surface area contributed by atoms with Crippen LogP contribution in [0.5, 0.6) is 0 Å². The van der Waals surface area contributed by atoms with Crippen LogP contribution >= 0.6 is 0 Å². The maximum absolute atomic E-state index is 8.74. The molecule has 0 amide bonds. The van der Waals surface area contributed by atoms with Crippen molar-refractivity contribution < 1.29 is 101 Å². The fourth-order valence-electron chi connectivity index (χ4n) is 0. The molecule has 0 saturated heterocycles. The zero-order chi connectivity index (χ0) is 4.50. The van der Waals surface area contributed by atoms with Crippen molar-refractivity contribution >= 4 is 10.4 Å². The quantitative estimate of drug-likeness (QED) is 0.445. The van der Waals surface area contributed by atoms with Gasteiger partial charge in [0.2, 0.25) is 0 Å². The second-order valence-electron chi connectivity index (χ2n) is 0.448. The van der Waals surface area contributed by atoms with Crippen LogP contribution in [0, 0.1) is 0 Å². The summed E-state index contributed by atoms with van der Waals surface area (Å²) in [6.45, 7) is 0. The summed E-state index contributed by atoms with van der Waals surface area (Å²) in [4.78, 5) is 0. The second kappa shape index (κ2) is 13.1. The molecule has 2 N–H and O–H groups in total. The second-order valence-corrected chi connectivity index (χ2v) is 1.34. The van der Waals surface area contributed by atoms with Gasteiger partial charge >= 0.3 is 10.4 Å². The molecule has 9 heavy (non-hydrogen) atoms. The minimum absolute atomic E-state index is 0. The van der Waals surface area contributed by atoms with Gasteiger partial charge < -0.3 is 0 Å². The Morgan fingerprint density at radius 1 is 1.11 bits per heavy atom. The average molecular weight is 360 g/mol. The van der Waals surface area contributed by atoms with Crippen molar-refractivity contribution in [2.45, 2.75) is 0 Å². The zero-order valence-corrected chi connectivity index (χ0v) is 10.6. The van der Waals surface area contributed by atoms with Crippen molar-refractivity contribution in [1.29, 1.82) is 0 Å². The molecule has 0 rings (SSSR count). The number of hydrogen-bond acceptors (Lipinski definition) is 2. The van der Waals surface area contributed by atoms with Crippen molar-refractivity contribution in [1.82, 2.24) is 0 Å². The Bertz CT molecular complexity index is 104. The fourth-order valence-corrected chi connectivity index (χ4v) is 0. The van der Waals surface area contributed by atoms with Gasteiger partial charge in [0, 0.05) is 83.0 Å². The summed E-state index contributed by atoms with van der Waals surface area (Å²) < 4.78 is 31.6. The van der Waals surface area contributed by atoms with E-state index < -0.39 is 10.4 Å². The number of rotatable bonds is 0. The maximum Gasteiger partial charge on any atom is 0.394 e. The van der Waals surface area contributed by atoms with Gasteiger partial charge in [0.1, 0.15) is 0 Å². The third-order valence-corrected chi connectivity index (χ3v) is 0. The van der Waals surface area contributed by atoms with Crippen LogP contribution in [0.15, 0.2) is 0 Å². The van der Waals surface area contributed by atoms with Crippen molar-refractivity contribution in [2.75, 3.05) is 0 Å². The van der Waals surface area contributed by atoms with Crippen LogP contribution in [0.3, 0.4) is 0 Å². The standard InChI is InChI=1S/Co.Mn.Ni.H2O4S.Y/c;;;1-5(2,3)4;/h;;;(H2,1,2,3,4);. The van der Waals surface area contributed by atoms with Gasteiger partial charge in [-0.3, -0.25) is 9.11 Å². The molecule has 0 aromatic heterocycles.